The van der Waals surface area contributed by atoms with Gasteiger partial charge in [-0.2, -0.15) is 0 Å². The highest BCUT2D eigenvalue weighted by atomic mass is 32.2. The van der Waals surface area contributed by atoms with E-state index in [0.29, 0.717) is 0 Å². The molecule has 7 nitrogen and oxygen atoms in total. The predicted octanol–water partition coefficient (Wildman–Crippen LogP) is 3.38. The maximum atomic E-state index is 13.8. The number of hydrogen-bond donors (Lipinski definition) is 1. The first kappa shape index (κ1) is 22.1. The summed E-state index contributed by atoms with van der Waals surface area (Å²) in [5.74, 6) is -0.970. The molecule has 10 heteroatoms. The van der Waals surface area contributed by atoms with E-state index in [1.807, 2.05) is 10.8 Å². The molecule has 0 aliphatic carbocycles. The zero-order valence-electron chi connectivity index (χ0n) is 16.3. The molecule has 1 N–H and O–H groups in total. The fourth-order valence-corrected chi connectivity index (χ4v) is 4.43. The van der Waals surface area contributed by atoms with E-state index in [4.69, 9.17) is 0 Å². The number of aromatic nitrogens is 2. The Morgan fingerprint density at radius 2 is 2.10 bits per heavy atom. The quantitative estimate of drug-likeness (QED) is 0.468. The number of halogens is 1. The van der Waals surface area contributed by atoms with E-state index in [2.05, 4.69) is 17.2 Å². The molecule has 1 aliphatic heterocycles. The minimum Gasteiger partial charge on any atom is -0.354 e. The van der Waals surface area contributed by atoms with Crippen molar-refractivity contribution in [3.8, 4) is 0 Å². The molecular weight excluding hydrogens is 427 g/mol. The fourth-order valence-electron chi connectivity index (χ4n) is 2.76. The molecule has 0 atom stereocenters. The van der Waals surface area contributed by atoms with Crippen LogP contribution in [0.15, 0.2) is 46.7 Å². The zero-order chi connectivity index (χ0) is 21.5. The maximum absolute atomic E-state index is 13.8. The lowest BCUT2D eigenvalue weighted by atomic mass is 10.2. The van der Waals surface area contributed by atoms with E-state index >= 15 is 0 Å². The molecular formula is C20H21FN4O3S2. The van der Waals surface area contributed by atoms with Gasteiger partial charge < -0.3 is 9.88 Å². The number of carbonyl (C=O) groups excluding carboxylic acids is 3. The monoisotopic (exact) mass is 448 g/mol. The normalized spacial score (nSPS) is 15.3. The summed E-state index contributed by atoms with van der Waals surface area (Å²) in [5.41, 5.74) is 0.245. The van der Waals surface area contributed by atoms with Crippen LogP contribution in [0.3, 0.4) is 0 Å². The van der Waals surface area contributed by atoms with Crippen LogP contribution in [0.25, 0.3) is 6.08 Å². The highest BCUT2D eigenvalue weighted by molar-refractivity contribution is 8.18. The van der Waals surface area contributed by atoms with Crippen LogP contribution in [0.4, 0.5) is 9.18 Å². The average Bonchev–Trinajstić information content (AvgIpc) is 3.27. The second kappa shape index (κ2) is 10.4. The Balaban J connectivity index is 1.48. The van der Waals surface area contributed by atoms with E-state index in [1.165, 1.54) is 30.0 Å². The third-order valence-electron chi connectivity index (χ3n) is 4.20. The van der Waals surface area contributed by atoms with Gasteiger partial charge in [0.1, 0.15) is 5.82 Å². The number of carbonyl (C=O) groups is 3. The van der Waals surface area contributed by atoms with Crippen LogP contribution >= 0.6 is 23.5 Å². The Labute approximate surface area is 182 Å². The highest BCUT2D eigenvalue weighted by Crippen LogP contribution is 2.32. The number of imidazole rings is 1. The fraction of sp³-hybridized carbons (Fsp3) is 0.300. The second-order valence-electron chi connectivity index (χ2n) is 6.40. The SMILES string of the molecule is CCCn1ccnc1SCC(=O)NCCN1C(=O)S/C(=C\c2ccccc2F)C1=O. The Kier molecular flexibility index (Phi) is 7.69. The standard InChI is InChI=1S/C20H21FN4O3S2/c1-2-9-24-10-7-23-19(24)29-13-17(26)22-8-11-25-18(27)16(30-20(25)28)12-14-5-3-4-6-15(14)21/h3-7,10,12H,2,8-9,11,13H2,1H3,(H,22,26)/b16-12-. The lowest BCUT2D eigenvalue weighted by Crippen LogP contribution is -2.37. The third-order valence-corrected chi connectivity index (χ3v) is 6.11. The van der Waals surface area contributed by atoms with Gasteiger partial charge in [0, 0.05) is 37.6 Å². The van der Waals surface area contributed by atoms with E-state index < -0.39 is 17.0 Å². The molecule has 1 aliphatic rings. The summed E-state index contributed by atoms with van der Waals surface area (Å²) in [6.07, 6.45) is 5.91. The Morgan fingerprint density at radius 3 is 2.87 bits per heavy atom. The van der Waals surface area contributed by atoms with Gasteiger partial charge in [-0.1, -0.05) is 36.9 Å². The lowest BCUT2D eigenvalue weighted by Gasteiger charge is -2.13. The Bertz CT molecular complexity index is 976. The smallest absolute Gasteiger partial charge is 0.293 e. The Hall–Kier alpha value is -2.59. The van der Waals surface area contributed by atoms with Gasteiger partial charge in [0.05, 0.1) is 10.7 Å². The summed E-state index contributed by atoms with van der Waals surface area (Å²) >= 11 is 2.10. The van der Waals surface area contributed by atoms with Gasteiger partial charge in [-0.05, 0) is 30.3 Å². The lowest BCUT2D eigenvalue weighted by molar-refractivity contribution is -0.123. The molecule has 1 aromatic carbocycles. The third kappa shape index (κ3) is 5.51. The van der Waals surface area contributed by atoms with Crippen molar-refractivity contribution in [2.75, 3.05) is 18.8 Å². The summed E-state index contributed by atoms with van der Waals surface area (Å²) in [6, 6.07) is 6.03. The van der Waals surface area contributed by atoms with Gasteiger partial charge in [-0.3, -0.25) is 19.3 Å². The van der Waals surface area contributed by atoms with Crippen LogP contribution in [-0.4, -0.2) is 50.3 Å². The minimum absolute atomic E-state index is 0.0557. The van der Waals surface area contributed by atoms with E-state index in [0.717, 1.165) is 34.8 Å². The first-order valence-corrected chi connectivity index (χ1v) is 11.2. The number of nitrogens with one attached hydrogen (secondary N) is 1. The van der Waals surface area contributed by atoms with Crippen molar-refractivity contribution in [2.45, 2.75) is 25.0 Å². The Morgan fingerprint density at radius 1 is 1.30 bits per heavy atom. The largest absolute Gasteiger partial charge is 0.354 e. The summed E-state index contributed by atoms with van der Waals surface area (Å²) in [4.78, 5) is 42.1. The summed E-state index contributed by atoms with van der Waals surface area (Å²) in [7, 11) is 0. The van der Waals surface area contributed by atoms with Crippen molar-refractivity contribution in [1.82, 2.24) is 19.8 Å². The molecule has 158 valence electrons. The molecule has 30 heavy (non-hydrogen) atoms. The molecule has 1 fully saturated rings. The molecule has 0 radical (unpaired) electrons. The second-order valence-corrected chi connectivity index (χ2v) is 8.33. The summed E-state index contributed by atoms with van der Waals surface area (Å²) < 4.78 is 15.8. The van der Waals surface area contributed by atoms with Crippen LogP contribution < -0.4 is 5.32 Å². The van der Waals surface area contributed by atoms with E-state index in [-0.39, 0.29) is 35.2 Å². The molecule has 1 saturated heterocycles. The van der Waals surface area contributed by atoms with Gasteiger partial charge in [0.25, 0.3) is 11.1 Å². The number of hydrogen-bond acceptors (Lipinski definition) is 6. The number of imide groups is 1. The first-order valence-electron chi connectivity index (χ1n) is 9.40. The van der Waals surface area contributed by atoms with Crippen molar-refractivity contribution in [3.63, 3.8) is 0 Å². The zero-order valence-corrected chi connectivity index (χ0v) is 18.0. The van der Waals surface area contributed by atoms with Crippen molar-refractivity contribution < 1.29 is 18.8 Å². The highest BCUT2D eigenvalue weighted by Gasteiger charge is 2.34. The van der Waals surface area contributed by atoms with Gasteiger partial charge in [0.2, 0.25) is 5.91 Å². The molecule has 3 amide bonds. The van der Waals surface area contributed by atoms with Crippen LogP contribution in [0, 0.1) is 5.82 Å². The number of nitrogens with zero attached hydrogens (tertiary/aromatic N) is 3. The minimum atomic E-state index is -0.488. The molecule has 0 unspecified atom stereocenters. The number of aryl methyl sites for hydroxylation is 1. The maximum Gasteiger partial charge on any atom is 0.293 e. The van der Waals surface area contributed by atoms with Gasteiger partial charge in [0.15, 0.2) is 5.16 Å². The molecule has 1 aromatic heterocycles. The van der Waals surface area contributed by atoms with Crippen molar-refractivity contribution in [1.29, 1.82) is 0 Å². The predicted molar refractivity (Wildman–Crippen MR) is 115 cm³/mol. The van der Waals surface area contributed by atoms with E-state index in [1.54, 1.807) is 18.3 Å². The average molecular weight is 449 g/mol. The number of rotatable bonds is 9. The molecule has 2 aromatic rings. The number of thioether (sulfide) groups is 2. The summed E-state index contributed by atoms with van der Waals surface area (Å²) in [6.45, 7) is 3.11. The van der Waals surface area contributed by atoms with Crippen LogP contribution in [0.1, 0.15) is 18.9 Å². The number of amides is 3. The summed E-state index contributed by atoms with van der Waals surface area (Å²) in [5, 5.41) is 3.04. The van der Waals surface area contributed by atoms with Crippen LogP contribution in [0.5, 0.6) is 0 Å². The van der Waals surface area contributed by atoms with Gasteiger partial charge in [-0.15, -0.1) is 0 Å². The first-order chi connectivity index (χ1) is 14.5. The van der Waals surface area contributed by atoms with Crippen LogP contribution in [0.2, 0.25) is 0 Å². The van der Waals surface area contributed by atoms with Crippen molar-refractivity contribution >= 4 is 46.7 Å². The van der Waals surface area contributed by atoms with Crippen LogP contribution in [-0.2, 0) is 16.1 Å². The molecule has 0 bridgehead atoms. The van der Waals surface area contributed by atoms with E-state index in [9.17, 15) is 18.8 Å². The topological polar surface area (TPSA) is 84.3 Å². The molecule has 2 heterocycles. The molecule has 0 spiro atoms. The van der Waals surface area contributed by atoms with Gasteiger partial charge >= 0.3 is 0 Å². The van der Waals surface area contributed by atoms with Gasteiger partial charge in [-0.25, -0.2) is 9.37 Å². The van der Waals surface area contributed by atoms with Crippen molar-refractivity contribution in [2.24, 2.45) is 0 Å². The van der Waals surface area contributed by atoms with Crippen molar-refractivity contribution in [3.05, 3.63) is 52.9 Å². The molecule has 0 saturated carbocycles. The number of benzene rings is 1. The molecule has 3 rings (SSSR count).